The van der Waals surface area contributed by atoms with Gasteiger partial charge in [-0.25, -0.2) is 9.78 Å². The highest BCUT2D eigenvalue weighted by Crippen LogP contribution is 2.09. The van der Waals surface area contributed by atoms with Gasteiger partial charge in [0, 0.05) is 38.6 Å². The molecule has 0 atom stereocenters. The van der Waals surface area contributed by atoms with E-state index in [9.17, 15) is 4.79 Å². The van der Waals surface area contributed by atoms with Crippen LogP contribution in [-0.4, -0.2) is 40.1 Å². The Kier molecular flexibility index (Phi) is 2.86. The van der Waals surface area contributed by atoms with E-state index in [0.717, 1.165) is 18.9 Å². The average Bonchev–Trinajstić information content (AvgIpc) is 2.72. The third-order valence-corrected chi connectivity index (χ3v) is 2.45. The molecule has 6 heteroatoms. The fourth-order valence-electron chi connectivity index (χ4n) is 1.64. The molecule has 0 aromatic carbocycles. The van der Waals surface area contributed by atoms with Gasteiger partial charge in [-0.1, -0.05) is 0 Å². The number of rotatable bonds is 2. The van der Waals surface area contributed by atoms with Crippen LogP contribution in [0.1, 0.15) is 5.82 Å². The molecule has 0 bridgehead atoms. The molecule has 2 rings (SSSR count). The lowest BCUT2D eigenvalue weighted by Crippen LogP contribution is -2.45. The Balaban J connectivity index is 1.94. The van der Waals surface area contributed by atoms with Crippen molar-refractivity contribution in [2.24, 2.45) is 5.73 Å². The zero-order valence-corrected chi connectivity index (χ0v) is 8.52. The predicted octanol–water partition coefficient (Wildman–Crippen LogP) is -0.633. The molecule has 1 aliphatic rings. The SMILES string of the molecule is NCCNC(=O)N1CCn2ccnc2C1. The number of imidazole rings is 1. The van der Waals surface area contributed by atoms with Crippen LogP contribution in [0.2, 0.25) is 0 Å². The first-order valence-corrected chi connectivity index (χ1v) is 5.04. The van der Waals surface area contributed by atoms with E-state index in [2.05, 4.69) is 14.9 Å². The quantitative estimate of drug-likeness (QED) is 0.680. The van der Waals surface area contributed by atoms with E-state index in [0.29, 0.717) is 19.6 Å². The van der Waals surface area contributed by atoms with Crippen molar-refractivity contribution in [1.82, 2.24) is 19.8 Å². The Labute approximate surface area is 88.1 Å². The summed E-state index contributed by atoms with van der Waals surface area (Å²) in [6.07, 6.45) is 3.70. The largest absolute Gasteiger partial charge is 0.337 e. The molecular formula is C9H15N5O. The van der Waals surface area contributed by atoms with Gasteiger partial charge in [0.15, 0.2) is 0 Å². The molecule has 2 amide bonds. The Morgan fingerprint density at radius 3 is 3.27 bits per heavy atom. The topological polar surface area (TPSA) is 76.2 Å². The molecule has 0 saturated heterocycles. The van der Waals surface area contributed by atoms with E-state index in [1.165, 1.54) is 0 Å². The molecule has 1 aliphatic heterocycles. The van der Waals surface area contributed by atoms with Gasteiger partial charge in [-0.05, 0) is 0 Å². The van der Waals surface area contributed by atoms with E-state index in [1.54, 1.807) is 11.1 Å². The molecule has 2 heterocycles. The standard InChI is InChI=1S/C9H15N5O/c10-1-2-12-9(15)14-6-5-13-4-3-11-8(13)7-14/h3-4H,1-2,5-7,10H2,(H,12,15). The Morgan fingerprint density at radius 2 is 2.47 bits per heavy atom. The van der Waals surface area contributed by atoms with Crippen molar-refractivity contribution in [2.75, 3.05) is 19.6 Å². The van der Waals surface area contributed by atoms with Crippen LogP contribution in [0.5, 0.6) is 0 Å². The smallest absolute Gasteiger partial charge is 0.317 e. The van der Waals surface area contributed by atoms with Gasteiger partial charge < -0.3 is 20.5 Å². The summed E-state index contributed by atoms with van der Waals surface area (Å²) in [6.45, 7) is 3.09. The molecule has 0 fully saturated rings. The first-order chi connectivity index (χ1) is 7.31. The number of urea groups is 1. The van der Waals surface area contributed by atoms with Crippen LogP contribution in [0.15, 0.2) is 12.4 Å². The number of nitrogens with zero attached hydrogens (tertiary/aromatic N) is 3. The Hall–Kier alpha value is -1.56. The predicted molar refractivity (Wildman–Crippen MR) is 55.1 cm³/mol. The van der Waals surface area contributed by atoms with Crippen molar-refractivity contribution < 1.29 is 4.79 Å². The molecule has 1 aromatic rings. The van der Waals surface area contributed by atoms with Crippen molar-refractivity contribution in [3.05, 3.63) is 18.2 Å². The van der Waals surface area contributed by atoms with Crippen molar-refractivity contribution >= 4 is 6.03 Å². The van der Waals surface area contributed by atoms with E-state index < -0.39 is 0 Å². The molecular weight excluding hydrogens is 194 g/mol. The van der Waals surface area contributed by atoms with Crippen LogP contribution in [0.4, 0.5) is 4.79 Å². The van der Waals surface area contributed by atoms with E-state index in [1.807, 2.05) is 6.20 Å². The summed E-state index contributed by atoms with van der Waals surface area (Å²) in [5, 5.41) is 2.75. The number of nitrogens with one attached hydrogen (secondary N) is 1. The maximum atomic E-state index is 11.6. The number of hydrogen-bond donors (Lipinski definition) is 2. The number of amides is 2. The zero-order valence-electron chi connectivity index (χ0n) is 8.52. The van der Waals surface area contributed by atoms with Crippen LogP contribution >= 0.6 is 0 Å². The molecule has 6 nitrogen and oxygen atoms in total. The first-order valence-electron chi connectivity index (χ1n) is 5.04. The maximum absolute atomic E-state index is 11.6. The van der Waals surface area contributed by atoms with Gasteiger partial charge in [-0.3, -0.25) is 0 Å². The minimum atomic E-state index is -0.0605. The number of nitrogens with two attached hydrogens (primary N) is 1. The maximum Gasteiger partial charge on any atom is 0.317 e. The summed E-state index contributed by atoms with van der Waals surface area (Å²) in [5.74, 6) is 0.934. The third kappa shape index (κ3) is 2.10. The van der Waals surface area contributed by atoms with Crippen LogP contribution in [0, 0.1) is 0 Å². The summed E-state index contributed by atoms with van der Waals surface area (Å²) in [7, 11) is 0. The minimum absolute atomic E-state index is 0.0605. The van der Waals surface area contributed by atoms with Crippen LogP contribution < -0.4 is 11.1 Å². The summed E-state index contributed by atoms with van der Waals surface area (Å²) < 4.78 is 2.06. The monoisotopic (exact) mass is 209 g/mol. The van der Waals surface area contributed by atoms with Crippen molar-refractivity contribution in [1.29, 1.82) is 0 Å². The van der Waals surface area contributed by atoms with Gasteiger partial charge in [0.2, 0.25) is 0 Å². The second-order valence-corrected chi connectivity index (χ2v) is 3.48. The number of fused-ring (bicyclic) bond motifs is 1. The van der Waals surface area contributed by atoms with Crippen molar-refractivity contribution in [2.45, 2.75) is 13.1 Å². The second kappa shape index (κ2) is 4.31. The number of carbonyl (C=O) groups is 1. The van der Waals surface area contributed by atoms with E-state index >= 15 is 0 Å². The zero-order chi connectivity index (χ0) is 10.7. The number of aromatic nitrogens is 2. The van der Waals surface area contributed by atoms with Gasteiger partial charge in [0.05, 0.1) is 6.54 Å². The molecule has 15 heavy (non-hydrogen) atoms. The van der Waals surface area contributed by atoms with E-state index in [-0.39, 0.29) is 6.03 Å². The fourth-order valence-corrected chi connectivity index (χ4v) is 1.64. The summed E-state index contributed by atoms with van der Waals surface area (Å²) >= 11 is 0. The molecule has 0 spiro atoms. The highest BCUT2D eigenvalue weighted by Gasteiger charge is 2.20. The molecule has 0 unspecified atom stereocenters. The summed E-state index contributed by atoms with van der Waals surface area (Å²) in [5.41, 5.74) is 5.32. The lowest BCUT2D eigenvalue weighted by atomic mass is 10.4. The molecule has 82 valence electrons. The minimum Gasteiger partial charge on any atom is -0.337 e. The third-order valence-electron chi connectivity index (χ3n) is 2.45. The highest BCUT2D eigenvalue weighted by molar-refractivity contribution is 5.74. The number of hydrogen-bond acceptors (Lipinski definition) is 3. The van der Waals surface area contributed by atoms with Crippen molar-refractivity contribution in [3.63, 3.8) is 0 Å². The van der Waals surface area contributed by atoms with Crippen LogP contribution in [0.25, 0.3) is 0 Å². The first kappa shape index (κ1) is 9.97. The molecule has 0 aliphatic carbocycles. The van der Waals surface area contributed by atoms with Crippen molar-refractivity contribution in [3.8, 4) is 0 Å². The van der Waals surface area contributed by atoms with Gasteiger partial charge in [-0.15, -0.1) is 0 Å². The Bertz CT molecular complexity index is 348. The summed E-state index contributed by atoms with van der Waals surface area (Å²) in [6, 6.07) is -0.0605. The number of carbonyl (C=O) groups excluding carboxylic acids is 1. The van der Waals surface area contributed by atoms with Crippen LogP contribution in [-0.2, 0) is 13.1 Å². The normalized spacial score (nSPS) is 14.9. The van der Waals surface area contributed by atoms with Gasteiger partial charge >= 0.3 is 6.03 Å². The summed E-state index contributed by atoms with van der Waals surface area (Å²) in [4.78, 5) is 17.5. The van der Waals surface area contributed by atoms with Gasteiger partial charge in [0.1, 0.15) is 5.82 Å². The molecule has 0 radical (unpaired) electrons. The van der Waals surface area contributed by atoms with Gasteiger partial charge in [0.25, 0.3) is 0 Å². The van der Waals surface area contributed by atoms with E-state index in [4.69, 9.17) is 5.73 Å². The Morgan fingerprint density at radius 1 is 1.60 bits per heavy atom. The fraction of sp³-hybridized carbons (Fsp3) is 0.556. The molecule has 1 aromatic heterocycles. The lowest BCUT2D eigenvalue weighted by molar-refractivity contribution is 0.182. The van der Waals surface area contributed by atoms with Crippen LogP contribution in [0.3, 0.4) is 0 Å². The highest BCUT2D eigenvalue weighted by atomic mass is 16.2. The molecule has 0 saturated carbocycles. The lowest BCUT2D eigenvalue weighted by Gasteiger charge is -2.27. The molecule has 3 N–H and O–H groups in total. The second-order valence-electron chi connectivity index (χ2n) is 3.48. The van der Waals surface area contributed by atoms with Gasteiger partial charge in [-0.2, -0.15) is 0 Å². The average molecular weight is 209 g/mol.